The molecule has 0 bridgehead atoms. The van der Waals surface area contributed by atoms with Crippen molar-refractivity contribution in [1.82, 2.24) is 20.2 Å². The maximum Gasteiger partial charge on any atom is 0.240 e. The standard InChI is InChI=1S/C19H28N4O2/c1-5-14(4)21-18(24)12-23-16-9-7-6-8-15(16)22-17(23)10-11-20-19(25)13(2)3/h6-9,13-14H,5,10-12H2,1-4H3,(H,20,25)(H,21,24). The Hall–Kier alpha value is -2.37. The second-order valence-electron chi connectivity index (χ2n) is 6.68. The number of carbonyl (C=O) groups is 2. The molecule has 0 saturated heterocycles. The number of imidazole rings is 1. The average Bonchev–Trinajstić information content (AvgIpc) is 2.92. The highest BCUT2D eigenvalue weighted by atomic mass is 16.2. The van der Waals surface area contributed by atoms with E-state index in [0.717, 1.165) is 23.3 Å². The van der Waals surface area contributed by atoms with Gasteiger partial charge in [0.05, 0.1) is 11.0 Å². The summed E-state index contributed by atoms with van der Waals surface area (Å²) in [4.78, 5) is 28.7. The van der Waals surface area contributed by atoms with Crippen LogP contribution in [0, 0.1) is 5.92 Å². The number of fused-ring (bicyclic) bond motifs is 1. The summed E-state index contributed by atoms with van der Waals surface area (Å²) in [5, 5.41) is 5.90. The molecule has 1 heterocycles. The molecule has 2 amide bonds. The number of hydrogen-bond acceptors (Lipinski definition) is 3. The number of para-hydroxylation sites is 2. The fourth-order valence-electron chi connectivity index (χ4n) is 2.56. The van der Waals surface area contributed by atoms with Crippen molar-refractivity contribution < 1.29 is 9.59 Å². The van der Waals surface area contributed by atoms with Crippen LogP contribution in [0.5, 0.6) is 0 Å². The van der Waals surface area contributed by atoms with Crippen LogP contribution in [0.25, 0.3) is 11.0 Å². The van der Waals surface area contributed by atoms with Crippen molar-refractivity contribution in [1.29, 1.82) is 0 Å². The van der Waals surface area contributed by atoms with E-state index < -0.39 is 0 Å². The first-order valence-corrected chi connectivity index (χ1v) is 8.93. The normalized spacial score (nSPS) is 12.4. The minimum Gasteiger partial charge on any atom is -0.355 e. The maximum atomic E-state index is 12.3. The molecule has 0 aliphatic carbocycles. The van der Waals surface area contributed by atoms with Gasteiger partial charge in [0.15, 0.2) is 0 Å². The highest BCUT2D eigenvalue weighted by Gasteiger charge is 2.15. The third kappa shape index (κ3) is 5.05. The summed E-state index contributed by atoms with van der Waals surface area (Å²) in [7, 11) is 0. The minimum absolute atomic E-state index is 0.0232. The van der Waals surface area contributed by atoms with Crippen molar-refractivity contribution in [2.24, 2.45) is 5.92 Å². The van der Waals surface area contributed by atoms with Gasteiger partial charge >= 0.3 is 0 Å². The van der Waals surface area contributed by atoms with E-state index in [1.54, 1.807) is 0 Å². The van der Waals surface area contributed by atoms with Crippen molar-refractivity contribution in [3.63, 3.8) is 0 Å². The Morgan fingerprint density at radius 2 is 1.92 bits per heavy atom. The lowest BCUT2D eigenvalue weighted by Gasteiger charge is -2.14. The predicted molar refractivity (Wildman–Crippen MR) is 99.2 cm³/mol. The Labute approximate surface area is 149 Å². The zero-order valence-electron chi connectivity index (χ0n) is 15.5. The van der Waals surface area contributed by atoms with Gasteiger partial charge in [-0.25, -0.2) is 4.98 Å². The lowest BCUT2D eigenvalue weighted by molar-refractivity contribution is -0.124. The van der Waals surface area contributed by atoms with Crippen LogP contribution in [-0.4, -0.2) is 34.0 Å². The Bertz CT molecular complexity index is 736. The summed E-state index contributed by atoms with van der Waals surface area (Å²) in [6.07, 6.45) is 1.48. The van der Waals surface area contributed by atoms with E-state index in [2.05, 4.69) is 15.6 Å². The van der Waals surface area contributed by atoms with Crippen LogP contribution in [0.3, 0.4) is 0 Å². The highest BCUT2D eigenvalue weighted by Crippen LogP contribution is 2.16. The van der Waals surface area contributed by atoms with Crippen LogP contribution in [0.1, 0.15) is 39.9 Å². The quantitative estimate of drug-likeness (QED) is 0.771. The molecule has 0 spiro atoms. The molecule has 6 heteroatoms. The summed E-state index contributed by atoms with van der Waals surface area (Å²) in [6, 6.07) is 7.93. The molecule has 136 valence electrons. The maximum absolute atomic E-state index is 12.3. The molecule has 0 aliphatic rings. The van der Waals surface area contributed by atoms with Crippen LogP contribution < -0.4 is 10.6 Å². The highest BCUT2D eigenvalue weighted by molar-refractivity contribution is 5.81. The van der Waals surface area contributed by atoms with Gasteiger partial charge in [-0.15, -0.1) is 0 Å². The molecular formula is C19H28N4O2. The van der Waals surface area contributed by atoms with Crippen molar-refractivity contribution in [2.75, 3.05) is 6.54 Å². The van der Waals surface area contributed by atoms with Gasteiger partial charge in [-0.05, 0) is 25.5 Å². The summed E-state index contributed by atoms with van der Waals surface area (Å²) in [5.74, 6) is 0.770. The smallest absolute Gasteiger partial charge is 0.240 e. The van der Waals surface area contributed by atoms with Crippen LogP contribution >= 0.6 is 0 Å². The third-order valence-corrected chi connectivity index (χ3v) is 4.23. The zero-order chi connectivity index (χ0) is 18.4. The molecule has 0 radical (unpaired) electrons. The molecule has 1 aromatic heterocycles. The van der Waals surface area contributed by atoms with Gasteiger partial charge in [0.2, 0.25) is 11.8 Å². The fraction of sp³-hybridized carbons (Fsp3) is 0.526. The molecule has 6 nitrogen and oxygen atoms in total. The van der Waals surface area contributed by atoms with E-state index in [1.807, 2.05) is 56.5 Å². The van der Waals surface area contributed by atoms with E-state index in [4.69, 9.17) is 0 Å². The summed E-state index contributed by atoms with van der Waals surface area (Å²) >= 11 is 0. The van der Waals surface area contributed by atoms with Crippen LogP contribution in [0.15, 0.2) is 24.3 Å². The molecule has 0 saturated carbocycles. The van der Waals surface area contributed by atoms with Crippen molar-refractivity contribution >= 4 is 22.8 Å². The van der Waals surface area contributed by atoms with Gasteiger partial charge in [0.1, 0.15) is 12.4 Å². The van der Waals surface area contributed by atoms with E-state index in [0.29, 0.717) is 13.0 Å². The molecular weight excluding hydrogens is 316 g/mol. The van der Waals surface area contributed by atoms with E-state index >= 15 is 0 Å². The third-order valence-electron chi connectivity index (χ3n) is 4.23. The number of hydrogen-bond donors (Lipinski definition) is 2. The summed E-state index contributed by atoms with van der Waals surface area (Å²) < 4.78 is 1.94. The van der Waals surface area contributed by atoms with Gasteiger partial charge < -0.3 is 15.2 Å². The Kier molecular flexibility index (Phi) is 6.56. The molecule has 1 unspecified atom stereocenters. The average molecular weight is 344 g/mol. The molecule has 1 aromatic carbocycles. The lowest BCUT2D eigenvalue weighted by atomic mass is 10.2. The molecule has 2 N–H and O–H groups in total. The number of benzene rings is 1. The first-order valence-electron chi connectivity index (χ1n) is 8.93. The van der Waals surface area contributed by atoms with Gasteiger partial charge in [0.25, 0.3) is 0 Å². The van der Waals surface area contributed by atoms with Crippen molar-refractivity contribution in [3.8, 4) is 0 Å². The number of carbonyl (C=O) groups excluding carboxylic acids is 2. The topological polar surface area (TPSA) is 76.0 Å². The minimum atomic E-state index is -0.0415. The number of nitrogens with one attached hydrogen (secondary N) is 2. The van der Waals surface area contributed by atoms with Gasteiger partial charge in [-0.1, -0.05) is 32.9 Å². The lowest BCUT2D eigenvalue weighted by Crippen LogP contribution is -2.35. The fourth-order valence-corrected chi connectivity index (χ4v) is 2.56. The zero-order valence-corrected chi connectivity index (χ0v) is 15.5. The number of nitrogens with zero attached hydrogens (tertiary/aromatic N) is 2. The van der Waals surface area contributed by atoms with Crippen molar-refractivity contribution in [2.45, 2.75) is 53.1 Å². The molecule has 25 heavy (non-hydrogen) atoms. The summed E-state index contributed by atoms with van der Waals surface area (Å²) in [6.45, 7) is 8.51. The van der Waals surface area contributed by atoms with Crippen LogP contribution in [-0.2, 0) is 22.6 Å². The molecule has 0 aliphatic heterocycles. The van der Waals surface area contributed by atoms with Gasteiger partial charge in [0, 0.05) is 24.9 Å². The van der Waals surface area contributed by atoms with Gasteiger partial charge in [-0.2, -0.15) is 0 Å². The molecule has 2 rings (SSSR count). The SMILES string of the molecule is CCC(C)NC(=O)Cn1c(CCNC(=O)C(C)C)nc2ccccc21. The van der Waals surface area contributed by atoms with Crippen LogP contribution in [0.4, 0.5) is 0 Å². The van der Waals surface area contributed by atoms with E-state index in [9.17, 15) is 9.59 Å². The predicted octanol–water partition coefficient (Wildman–Crippen LogP) is 2.27. The Morgan fingerprint density at radius 3 is 2.60 bits per heavy atom. The second-order valence-corrected chi connectivity index (χ2v) is 6.68. The number of rotatable bonds is 8. The Balaban J connectivity index is 2.15. The first-order chi connectivity index (χ1) is 11.9. The largest absolute Gasteiger partial charge is 0.355 e. The second kappa shape index (κ2) is 8.65. The first kappa shape index (κ1) is 19.0. The van der Waals surface area contributed by atoms with Crippen molar-refractivity contribution in [3.05, 3.63) is 30.1 Å². The number of aromatic nitrogens is 2. The van der Waals surface area contributed by atoms with E-state index in [1.165, 1.54) is 0 Å². The van der Waals surface area contributed by atoms with Crippen LogP contribution in [0.2, 0.25) is 0 Å². The Morgan fingerprint density at radius 1 is 1.20 bits per heavy atom. The molecule has 2 aromatic rings. The van der Waals surface area contributed by atoms with E-state index in [-0.39, 0.29) is 30.3 Å². The van der Waals surface area contributed by atoms with Gasteiger partial charge in [-0.3, -0.25) is 9.59 Å². The number of amides is 2. The molecule has 1 atom stereocenters. The molecule has 0 fully saturated rings. The summed E-state index contributed by atoms with van der Waals surface area (Å²) in [5.41, 5.74) is 1.80. The monoisotopic (exact) mass is 344 g/mol.